The zero-order chi connectivity index (χ0) is 22.4. The lowest BCUT2D eigenvalue weighted by atomic mass is 10.0. The van der Waals surface area contributed by atoms with E-state index in [0.717, 1.165) is 5.56 Å². The zero-order valence-electron chi connectivity index (χ0n) is 16.3. The highest BCUT2D eigenvalue weighted by atomic mass is 35.5. The largest absolute Gasteiger partial charge is 0.493 e. The molecule has 31 heavy (non-hydrogen) atoms. The quantitative estimate of drug-likeness (QED) is 0.174. The predicted octanol–water partition coefficient (Wildman–Crippen LogP) is 6.55. The Morgan fingerprint density at radius 2 is 1.84 bits per heavy atom. The number of allylic oxidation sites excluding steroid dienone is 1. The molecule has 0 N–H and O–H groups in total. The number of rotatable bonds is 7. The molecule has 0 amide bonds. The fourth-order valence-corrected chi connectivity index (χ4v) is 3.26. The summed E-state index contributed by atoms with van der Waals surface area (Å²) >= 11 is 12.1. The van der Waals surface area contributed by atoms with E-state index in [2.05, 4.69) is 6.07 Å². The minimum absolute atomic E-state index is 0.0370. The van der Waals surface area contributed by atoms with Gasteiger partial charge >= 0.3 is 0 Å². The molecule has 6 nitrogen and oxygen atoms in total. The maximum absolute atomic E-state index is 10.8. The summed E-state index contributed by atoms with van der Waals surface area (Å²) in [4.78, 5) is 10.3. The second kappa shape index (κ2) is 9.98. The molecule has 0 radical (unpaired) electrons. The molecule has 0 aliphatic carbocycles. The fraction of sp³-hybridized carbons (Fsp3) is 0.0870. The Morgan fingerprint density at radius 1 is 1.10 bits per heavy atom. The number of non-ortho nitro benzene ring substituents is 1. The Kier molecular flexibility index (Phi) is 7.14. The van der Waals surface area contributed by atoms with Crippen molar-refractivity contribution in [1.29, 1.82) is 5.26 Å². The van der Waals surface area contributed by atoms with Gasteiger partial charge in [-0.2, -0.15) is 5.26 Å². The van der Waals surface area contributed by atoms with Crippen LogP contribution in [0, 0.1) is 21.4 Å². The van der Waals surface area contributed by atoms with E-state index >= 15 is 0 Å². The van der Waals surface area contributed by atoms with Crippen LogP contribution in [0.15, 0.2) is 60.7 Å². The molecule has 0 aromatic heterocycles. The van der Waals surface area contributed by atoms with E-state index in [4.69, 9.17) is 32.7 Å². The van der Waals surface area contributed by atoms with Crippen molar-refractivity contribution >= 4 is 40.5 Å². The molecule has 0 aliphatic heterocycles. The molecule has 0 fully saturated rings. The summed E-state index contributed by atoms with van der Waals surface area (Å²) in [6.07, 6.45) is 1.67. The molecule has 0 bridgehead atoms. The van der Waals surface area contributed by atoms with Crippen LogP contribution in [0.3, 0.4) is 0 Å². The summed E-state index contributed by atoms with van der Waals surface area (Å²) in [7, 11) is 1.52. The number of benzene rings is 3. The number of hydrogen-bond acceptors (Lipinski definition) is 5. The minimum Gasteiger partial charge on any atom is -0.493 e. The highest BCUT2D eigenvalue weighted by Gasteiger charge is 2.10. The molecule has 0 saturated carbocycles. The van der Waals surface area contributed by atoms with Crippen LogP contribution >= 0.6 is 23.2 Å². The standard InChI is InChI=1S/C23H16Cl2N2O4/c1-30-23-11-15(10-18(13-26)16-4-7-20(8-5-16)27(28)29)2-9-22(23)31-14-17-3-6-19(24)12-21(17)25/h2-12H,14H2,1H3/b18-10-. The van der Waals surface area contributed by atoms with Gasteiger partial charge in [-0.05, 0) is 53.6 Å². The highest BCUT2D eigenvalue weighted by molar-refractivity contribution is 6.35. The highest BCUT2D eigenvalue weighted by Crippen LogP contribution is 2.31. The number of ether oxygens (including phenoxy) is 2. The maximum Gasteiger partial charge on any atom is 0.269 e. The zero-order valence-corrected chi connectivity index (χ0v) is 17.9. The molecule has 0 saturated heterocycles. The van der Waals surface area contributed by atoms with Crippen molar-refractivity contribution in [2.24, 2.45) is 0 Å². The van der Waals surface area contributed by atoms with Gasteiger partial charge in [-0.15, -0.1) is 0 Å². The van der Waals surface area contributed by atoms with Gasteiger partial charge in [0.15, 0.2) is 11.5 Å². The first-order chi connectivity index (χ1) is 14.9. The normalized spacial score (nSPS) is 11.0. The lowest BCUT2D eigenvalue weighted by Crippen LogP contribution is -1.98. The lowest BCUT2D eigenvalue weighted by Gasteiger charge is -2.12. The van der Waals surface area contributed by atoms with Gasteiger partial charge in [0.25, 0.3) is 5.69 Å². The topological polar surface area (TPSA) is 85.4 Å². The average molecular weight is 455 g/mol. The molecule has 156 valence electrons. The summed E-state index contributed by atoms with van der Waals surface area (Å²) in [5.41, 5.74) is 2.39. The van der Waals surface area contributed by atoms with E-state index in [1.165, 1.54) is 31.4 Å². The van der Waals surface area contributed by atoms with Crippen LogP contribution in [0.25, 0.3) is 11.6 Å². The molecule has 8 heteroatoms. The van der Waals surface area contributed by atoms with Gasteiger partial charge in [-0.1, -0.05) is 35.3 Å². The molecule has 0 atom stereocenters. The first-order valence-corrected chi connectivity index (χ1v) is 9.78. The van der Waals surface area contributed by atoms with E-state index in [0.29, 0.717) is 38.2 Å². The SMILES string of the molecule is COc1cc(/C=C(/C#N)c2ccc([N+](=O)[O-])cc2)ccc1OCc1ccc(Cl)cc1Cl. The van der Waals surface area contributed by atoms with Crippen molar-refractivity contribution in [3.05, 3.63) is 97.5 Å². The number of halogens is 2. The number of nitrogens with zero attached hydrogens (tertiary/aromatic N) is 2. The summed E-state index contributed by atoms with van der Waals surface area (Å²) < 4.78 is 11.3. The molecule has 3 aromatic carbocycles. The van der Waals surface area contributed by atoms with E-state index in [1.807, 2.05) is 0 Å². The molecule has 3 aromatic rings. The van der Waals surface area contributed by atoms with Crippen molar-refractivity contribution in [1.82, 2.24) is 0 Å². The van der Waals surface area contributed by atoms with Crippen molar-refractivity contribution in [3.63, 3.8) is 0 Å². The Balaban J connectivity index is 1.82. The summed E-state index contributed by atoms with van der Waals surface area (Å²) in [5.74, 6) is 0.999. The molecule has 0 spiro atoms. The van der Waals surface area contributed by atoms with E-state index in [1.54, 1.807) is 42.5 Å². The van der Waals surface area contributed by atoms with E-state index < -0.39 is 4.92 Å². The maximum atomic E-state index is 10.8. The first kappa shape index (κ1) is 22.2. The molecule has 0 heterocycles. The summed E-state index contributed by atoms with van der Waals surface area (Å²) in [5, 5.41) is 21.4. The molecule has 0 aliphatic rings. The molecular weight excluding hydrogens is 439 g/mol. The fourth-order valence-electron chi connectivity index (χ4n) is 2.80. The summed E-state index contributed by atoms with van der Waals surface area (Å²) in [6, 6.07) is 18.3. The Bertz CT molecular complexity index is 1190. The number of nitro groups is 1. The van der Waals surface area contributed by atoms with Crippen molar-refractivity contribution in [2.45, 2.75) is 6.61 Å². The molecule has 3 rings (SSSR count). The van der Waals surface area contributed by atoms with Crippen molar-refractivity contribution < 1.29 is 14.4 Å². The smallest absolute Gasteiger partial charge is 0.269 e. The number of nitro benzene ring substituents is 1. The summed E-state index contributed by atoms with van der Waals surface area (Å²) in [6.45, 7) is 0.230. The van der Waals surface area contributed by atoms with Gasteiger partial charge in [-0.3, -0.25) is 10.1 Å². The minimum atomic E-state index is -0.486. The van der Waals surface area contributed by atoms with Gasteiger partial charge < -0.3 is 9.47 Å². The van der Waals surface area contributed by atoms with Gasteiger partial charge in [-0.25, -0.2) is 0 Å². The Morgan fingerprint density at radius 3 is 2.45 bits per heavy atom. The number of nitriles is 1. The molecular formula is C23H16Cl2N2O4. The molecule has 0 unspecified atom stereocenters. The third kappa shape index (κ3) is 5.54. The van der Waals surface area contributed by atoms with E-state index in [9.17, 15) is 15.4 Å². The van der Waals surface area contributed by atoms with E-state index in [-0.39, 0.29) is 12.3 Å². The van der Waals surface area contributed by atoms with Gasteiger partial charge in [0.2, 0.25) is 0 Å². The Hall–Kier alpha value is -3.53. The van der Waals surface area contributed by atoms with Crippen LogP contribution in [0.4, 0.5) is 5.69 Å². The number of hydrogen-bond donors (Lipinski definition) is 0. The monoisotopic (exact) mass is 454 g/mol. The average Bonchev–Trinajstić information content (AvgIpc) is 2.77. The van der Waals surface area contributed by atoms with Crippen LogP contribution in [-0.4, -0.2) is 12.0 Å². The number of methoxy groups -OCH3 is 1. The Labute approximate surface area is 189 Å². The lowest BCUT2D eigenvalue weighted by molar-refractivity contribution is -0.384. The second-order valence-electron chi connectivity index (χ2n) is 6.41. The van der Waals surface area contributed by atoms with Crippen molar-refractivity contribution in [2.75, 3.05) is 7.11 Å². The van der Waals surface area contributed by atoms with Crippen LogP contribution in [-0.2, 0) is 6.61 Å². The third-order valence-corrected chi connectivity index (χ3v) is 4.99. The van der Waals surface area contributed by atoms with Crippen LogP contribution in [0.5, 0.6) is 11.5 Å². The first-order valence-electron chi connectivity index (χ1n) is 9.02. The van der Waals surface area contributed by atoms with Gasteiger partial charge in [0.05, 0.1) is 23.7 Å². The van der Waals surface area contributed by atoms with Gasteiger partial charge in [0, 0.05) is 27.7 Å². The third-order valence-electron chi connectivity index (χ3n) is 4.41. The van der Waals surface area contributed by atoms with Gasteiger partial charge in [0.1, 0.15) is 6.61 Å². The van der Waals surface area contributed by atoms with Crippen LogP contribution in [0.1, 0.15) is 16.7 Å². The van der Waals surface area contributed by atoms with Crippen LogP contribution in [0.2, 0.25) is 10.0 Å². The van der Waals surface area contributed by atoms with Crippen LogP contribution < -0.4 is 9.47 Å². The predicted molar refractivity (Wildman–Crippen MR) is 120 cm³/mol. The van der Waals surface area contributed by atoms with Crippen molar-refractivity contribution in [3.8, 4) is 17.6 Å². The second-order valence-corrected chi connectivity index (χ2v) is 7.25.